The number of nitriles is 1. The molecule has 0 unspecified atom stereocenters. The average Bonchev–Trinajstić information content (AvgIpc) is 2.47. The number of rotatable bonds is 8. The van der Waals surface area contributed by atoms with Gasteiger partial charge in [0, 0.05) is 30.8 Å². The zero-order valence-electron chi connectivity index (χ0n) is 12.9. The van der Waals surface area contributed by atoms with Crippen LogP contribution < -0.4 is 11.1 Å². The van der Waals surface area contributed by atoms with E-state index in [0.29, 0.717) is 18.5 Å². The predicted molar refractivity (Wildman–Crippen MR) is 85.8 cm³/mol. The number of carbonyl (C=O) groups is 1. The fourth-order valence-corrected chi connectivity index (χ4v) is 2.10. The van der Waals surface area contributed by atoms with Gasteiger partial charge in [0.25, 0.3) is 0 Å². The van der Waals surface area contributed by atoms with Crippen molar-refractivity contribution in [3.8, 4) is 6.07 Å². The summed E-state index contributed by atoms with van der Waals surface area (Å²) >= 11 is 0. The average molecular weight is 288 g/mol. The van der Waals surface area contributed by atoms with Crippen molar-refractivity contribution in [1.82, 2.24) is 4.90 Å². The highest BCUT2D eigenvalue weighted by atomic mass is 16.1. The third-order valence-corrected chi connectivity index (χ3v) is 3.52. The van der Waals surface area contributed by atoms with Crippen LogP contribution in [0, 0.1) is 18.3 Å². The first-order valence-electron chi connectivity index (χ1n) is 7.32. The van der Waals surface area contributed by atoms with Crippen molar-refractivity contribution in [2.24, 2.45) is 0 Å². The lowest BCUT2D eigenvalue weighted by molar-refractivity contribution is -0.116. The molecule has 0 heterocycles. The summed E-state index contributed by atoms with van der Waals surface area (Å²) in [5.41, 5.74) is 8.17. The van der Waals surface area contributed by atoms with E-state index in [9.17, 15) is 4.79 Å². The fraction of sp³-hybridized carbons (Fsp3) is 0.500. The van der Waals surface area contributed by atoms with Gasteiger partial charge in [0.15, 0.2) is 0 Å². The molecule has 0 fully saturated rings. The quantitative estimate of drug-likeness (QED) is 0.720. The molecule has 1 rings (SSSR count). The standard InChI is InChI=1S/C16H24N4O/c1-3-20(12-6-10-17)11-5-9-16(21)19-15-8-4-7-14(18)13(15)2/h4,7-8H,3,5-6,9,11-12,18H2,1-2H3,(H,19,21). The molecule has 3 N–H and O–H groups in total. The number of carbonyl (C=O) groups excluding carboxylic acids is 1. The molecule has 0 aliphatic heterocycles. The Hall–Kier alpha value is -2.06. The first-order valence-corrected chi connectivity index (χ1v) is 7.32. The minimum Gasteiger partial charge on any atom is -0.398 e. The van der Waals surface area contributed by atoms with E-state index >= 15 is 0 Å². The van der Waals surface area contributed by atoms with Crippen LogP contribution in [0.25, 0.3) is 0 Å². The van der Waals surface area contributed by atoms with Crippen molar-refractivity contribution in [1.29, 1.82) is 5.26 Å². The van der Waals surface area contributed by atoms with E-state index in [1.807, 2.05) is 25.1 Å². The van der Waals surface area contributed by atoms with E-state index in [0.717, 1.165) is 37.3 Å². The molecule has 1 aromatic rings. The molecule has 5 nitrogen and oxygen atoms in total. The maximum Gasteiger partial charge on any atom is 0.224 e. The van der Waals surface area contributed by atoms with Crippen LogP contribution in [0.1, 0.15) is 31.7 Å². The molecule has 0 aliphatic carbocycles. The van der Waals surface area contributed by atoms with Gasteiger partial charge in [0.1, 0.15) is 0 Å². The Kier molecular flexibility index (Phi) is 7.27. The number of nitrogens with two attached hydrogens (primary N) is 1. The van der Waals surface area contributed by atoms with E-state index < -0.39 is 0 Å². The van der Waals surface area contributed by atoms with Crippen LogP contribution in [-0.2, 0) is 4.79 Å². The van der Waals surface area contributed by atoms with Crippen LogP contribution in [0.2, 0.25) is 0 Å². The van der Waals surface area contributed by atoms with E-state index in [2.05, 4.69) is 23.2 Å². The van der Waals surface area contributed by atoms with Crippen LogP contribution in [-0.4, -0.2) is 30.4 Å². The van der Waals surface area contributed by atoms with Gasteiger partial charge < -0.3 is 16.0 Å². The summed E-state index contributed by atoms with van der Waals surface area (Å²) in [6.45, 7) is 6.46. The molecule has 1 aromatic carbocycles. The van der Waals surface area contributed by atoms with Crippen molar-refractivity contribution >= 4 is 17.3 Å². The van der Waals surface area contributed by atoms with Gasteiger partial charge in [-0.1, -0.05) is 13.0 Å². The largest absolute Gasteiger partial charge is 0.398 e. The first-order chi connectivity index (χ1) is 10.1. The molecule has 0 spiro atoms. The summed E-state index contributed by atoms with van der Waals surface area (Å²) in [5.74, 6) is 0.0000336. The number of amides is 1. The summed E-state index contributed by atoms with van der Waals surface area (Å²) in [6.07, 6.45) is 1.78. The maximum atomic E-state index is 11.9. The van der Waals surface area contributed by atoms with Gasteiger partial charge >= 0.3 is 0 Å². The van der Waals surface area contributed by atoms with E-state index in [1.54, 1.807) is 0 Å². The zero-order chi connectivity index (χ0) is 15.7. The van der Waals surface area contributed by atoms with Crippen LogP contribution in [0.3, 0.4) is 0 Å². The maximum absolute atomic E-state index is 11.9. The first kappa shape index (κ1) is 17.0. The van der Waals surface area contributed by atoms with Gasteiger partial charge in [-0.25, -0.2) is 0 Å². The Balaban J connectivity index is 2.37. The number of nitrogens with one attached hydrogen (secondary N) is 1. The fourth-order valence-electron chi connectivity index (χ4n) is 2.10. The van der Waals surface area contributed by atoms with Crippen LogP contribution in [0.4, 0.5) is 11.4 Å². The summed E-state index contributed by atoms with van der Waals surface area (Å²) < 4.78 is 0. The molecule has 0 radical (unpaired) electrons. The minimum absolute atomic E-state index is 0.0000336. The molecule has 0 bridgehead atoms. The van der Waals surface area contributed by atoms with Gasteiger partial charge in [-0.15, -0.1) is 0 Å². The van der Waals surface area contributed by atoms with Crippen LogP contribution in [0.5, 0.6) is 0 Å². The number of anilines is 2. The molecule has 21 heavy (non-hydrogen) atoms. The van der Waals surface area contributed by atoms with E-state index in [4.69, 9.17) is 11.0 Å². The Morgan fingerprint density at radius 1 is 1.43 bits per heavy atom. The summed E-state index contributed by atoms with van der Waals surface area (Å²) in [5, 5.41) is 11.5. The van der Waals surface area contributed by atoms with Gasteiger partial charge in [-0.05, 0) is 44.1 Å². The summed E-state index contributed by atoms with van der Waals surface area (Å²) in [6, 6.07) is 7.65. The zero-order valence-corrected chi connectivity index (χ0v) is 12.9. The summed E-state index contributed by atoms with van der Waals surface area (Å²) in [4.78, 5) is 14.1. The molecule has 114 valence electrons. The van der Waals surface area contributed by atoms with Gasteiger partial charge in [0.05, 0.1) is 6.07 Å². The second kappa shape index (κ2) is 8.98. The van der Waals surface area contributed by atoms with Crippen molar-refractivity contribution in [3.63, 3.8) is 0 Å². The Morgan fingerprint density at radius 2 is 2.19 bits per heavy atom. The molecular weight excluding hydrogens is 264 g/mol. The number of benzene rings is 1. The molecule has 0 aliphatic rings. The Bertz CT molecular complexity index is 507. The molecule has 0 atom stereocenters. The lowest BCUT2D eigenvalue weighted by Crippen LogP contribution is -2.26. The van der Waals surface area contributed by atoms with Crippen molar-refractivity contribution in [2.45, 2.75) is 33.1 Å². The second-order valence-electron chi connectivity index (χ2n) is 5.01. The molecule has 0 saturated heterocycles. The third-order valence-electron chi connectivity index (χ3n) is 3.52. The topological polar surface area (TPSA) is 82.2 Å². The van der Waals surface area contributed by atoms with Crippen molar-refractivity contribution < 1.29 is 4.79 Å². The van der Waals surface area contributed by atoms with E-state index in [-0.39, 0.29) is 5.91 Å². The molecular formula is C16H24N4O. The Morgan fingerprint density at radius 3 is 2.86 bits per heavy atom. The lowest BCUT2D eigenvalue weighted by Gasteiger charge is -2.18. The highest BCUT2D eigenvalue weighted by Gasteiger charge is 2.07. The Labute approximate surface area is 126 Å². The van der Waals surface area contributed by atoms with Gasteiger partial charge in [-0.2, -0.15) is 5.26 Å². The number of nitrogens with zero attached hydrogens (tertiary/aromatic N) is 2. The van der Waals surface area contributed by atoms with Gasteiger partial charge in [-0.3, -0.25) is 4.79 Å². The molecule has 1 amide bonds. The lowest BCUT2D eigenvalue weighted by atomic mass is 10.1. The number of hydrogen-bond donors (Lipinski definition) is 2. The monoisotopic (exact) mass is 288 g/mol. The second-order valence-corrected chi connectivity index (χ2v) is 5.01. The SMILES string of the molecule is CCN(CCC#N)CCCC(=O)Nc1cccc(N)c1C. The summed E-state index contributed by atoms with van der Waals surface area (Å²) in [7, 11) is 0. The minimum atomic E-state index is 0.0000336. The highest BCUT2D eigenvalue weighted by molar-refractivity contribution is 5.92. The van der Waals surface area contributed by atoms with Crippen LogP contribution in [0.15, 0.2) is 18.2 Å². The van der Waals surface area contributed by atoms with Crippen LogP contribution >= 0.6 is 0 Å². The smallest absolute Gasteiger partial charge is 0.224 e. The third kappa shape index (κ3) is 5.84. The predicted octanol–water partition coefficient (Wildman–Crippen LogP) is 2.53. The highest BCUT2D eigenvalue weighted by Crippen LogP contribution is 2.20. The van der Waals surface area contributed by atoms with Gasteiger partial charge in [0.2, 0.25) is 5.91 Å². The number of nitrogen functional groups attached to an aromatic ring is 1. The normalized spacial score (nSPS) is 10.4. The molecule has 5 heteroatoms. The molecule has 0 aromatic heterocycles. The molecule has 0 saturated carbocycles. The van der Waals surface area contributed by atoms with E-state index in [1.165, 1.54) is 0 Å². The van der Waals surface area contributed by atoms with Crippen molar-refractivity contribution in [2.75, 3.05) is 30.7 Å². The van der Waals surface area contributed by atoms with Crippen molar-refractivity contribution in [3.05, 3.63) is 23.8 Å². The number of hydrogen-bond acceptors (Lipinski definition) is 4.